The lowest BCUT2D eigenvalue weighted by molar-refractivity contribution is -0.0173. The van der Waals surface area contributed by atoms with Crippen molar-refractivity contribution < 1.29 is 30.6 Å². The molecule has 4 aromatic heterocycles. The van der Waals surface area contributed by atoms with Crippen molar-refractivity contribution in [1.29, 1.82) is 0 Å². The molecule has 4 heterocycles. The molecule has 4 aromatic rings. The van der Waals surface area contributed by atoms with Crippen molar-refractivity contribution in [2.24, 2.45) is 0 Å². The highest BCUT2D eigenvalue weighted by atomic mass is 16.4. The molecule has 0 amide bonds. The van der Waals surface area contributed by atoms with Gasteiger partial charge in [0.25, 0.3) is 11.1 Å². The third kappa shape index (κ3) is 6.97. The summed E-state index contributed by atoms with van der Waals surface area (Å²) in [5.41, 5.74) is 9.25. The van der Waals surface area contributed by atoms with Crippen LogP contribution < -0.4 is 22.6 Å². The van der Waals surface area contributed by atoms with Crippen molar-refractivity contribution in [2.45, 2.75) is 38.3 Å². The van der Waals surface area contributed by atoms with Gasteiger partial charge in [-0.05, 0) is 0 Å². The van der Waals surface area contributed by atoms with Crippen LogP contribution in [0.5, 0.6) is 0 Å². The largest absolute Gasteiger partial charge is 0.394 e. The molecule has 0 spiro atoms. The molecule has 0 saturated heterocycles. The average Bonchev–Trinajstić information content (AvgIpc) is 2.92. The fourth-order valence-electron chi connectivity index (χ4n) is 2.78. The average molecular weight is 537 g/mol. The Morgan fingerprint density at radius 2 is 1.05 bits per heavy atom. The zero-order valence-corrected chi connectivity index (χ0v) is 20.2. The first-order valence-corrected chi connectivity index (χ1v) is 11.0. The minimum absolute atomic E-state index is 0.0330. The Labute approximate surface area is 212 Å². The van der Waals surface area contributed by atoms with Crippen molar-refractivity contribution in [3.63, 3.8) is 0 Å². The van der Waals surface area contributed by atoms with Crippen LogP contribution in [0.15, 0.2) is 22.0 Å². The third-order valence-electron chi connectivity index (χ3n) is 4.62. The first-order chi connectivity index (χ1) is 18.0. The second kappa shape index (κ2) is 13.4. The first-order valence-electron chi connectivity index (χ1n) is 11.0. The van der Waals surface area contributed by atoms with Crippen molar-refractivity contribution in [2.75, 3.05) is 24.7 Å². The van der Waals surface area contributed by atoms with Crippen LogP contribution >= 0.6 is 0 Å². The maximum atomic E-state index is 11.5. The van der Waals surface area contributed by atoms with Crippen LogP contribution in [0.1, 0.15) is 37.4 Å². The number of fused-ring (bicyclic) bond motifs is 2. The van der Waals surface area contributed by atoms with Gasteiger partial charge in [-0.2, -0.15) is 9.97 Å². The summed E-state index contributed by atoms with van der Waals surface area (Å²) in [7, 11) is 0. The second-order valence-corrected chi connectivity index (χ2v) is 7.23. The number of aromatic nitrogens is 8. The van der Waals surface area contributed by atoms with E-state index in [9.17, 15) is 30.0 Å². The number of anilines is 2. The van der Waals surface area contributed by atoms with Crippen LogP contribution in [-0.4, -0.2) is 95.9 Å². The Morgan fingerprint density at radius 1 is 0.711 bits per heavy atom. The molecule has 18 nitrogen and oxygen atoms in total. The number of hydrogen-bond donors (Lipinski definition) is 10. The zero-order chi connectivity index (χ0) is 28.6. The van der Waals surface area contributed by atoms with Gasteiger partial charge >= 0.3 is 0 Å². The van der Waals surface area contributed by atoms with E-state index >= 15 is 0 Å². The highest BCUT2D eigenvalue weighted by Gasteiger charge is 2.21. The minimum Gasteiger partial charge on any atom is -0.394 e. The van der Waals surface area contributed by atoms with Crippen LogP contribution in [-0.2, 0) is 0 Å². The summed E-state index contributed by atoms with van der Waals surface area (Å²) in [6.07, 6.45) is -3.39. The second-order valence-electron chi connectivity index (χ2n) is 7.23. The van der Waals surface area contributed by atoms with Crippen LogP contribution in [0.25, 0.3) is 22.3 Å². The molecule has 4 atom stereocenters. The van der Waals surface area contributed by atoms with Gasteiger partial charge in [0.05, 0.1) is 37.0 Å². The van der Waals surface area contributed by atoms with E-state index in [-0.39, 0.29) is 45.6 Å². The number of nitrogens with zero attached hydrogens (tertiary/aromatic N) is 6. The number of aromatic amines is 2. The number of rotatable bonds is 6. The van der Waals surface area contributed by atoms with Gasteiger partial charge in [0.15, 0.2) is 22.3 Å². The predicted octanol–water partition coefficient (Wildman–Crippen LogP) is -3.61. The van der Waals surface area contributed by atoms with Gasteiger partial charge in [0.1, 0.15) is 24.4 Å². The molecule has 0 fully saturated rings. The van der Waals surface area contributed by atoms with Gasteiger partial charge in [-0.15, -0.1) is 0 Å². The van der Waals surface area contributed by atoms with Crippen molar-refractivity contribution in [3.8, 4) is 0 Å². The molecule has 4 rings (SSSR count). The van der Waals surface area contributed by atoms with Gasteiger partial charge in [0.2, 0.25) is 11.9 Å². The number of hydrogen-bond acceptors (Lipinski definition) is 16. The third-order valence-corrected chi connectivity index (χ3v) is 4.62. The Hall–Kier alpha value is -4.20. The molecule has 0 bridgehead atoms. The van der Waals surface area contributed by atoms with E-state index < -0.39 is 48.7 Å². The predicted molar refractivity (Wildman–Crippen MR) is 132 cm³/mol. The van der Waals surface area contributed by atoms with Crippen molar-refractivity contribution >= 4 is 34.2 Å². The summed E-state index contributed by atoms with van der Waals surface area (Å²) in [6, 6.07) is 0. The molecular formula is C20H28N10O8. The molecule has 38 heavy (non-hydrogen) atoms. The fourth-order valence-corrected chi connectivity index (χ4v) is 2.78. The molecule has 12 N–H and O–H groups in total. The van der Waals surface area contributed by atoms with Crippen molar-refractivity contribution in [3.05, 3.63) is 44.5 Å². The molecule has 18 heteroatoms. The number of nitrogen functional groups attached to an aromatic ring is 2. The molecule has 206 valence electrons. The van der Waals surface area contributed by atoms with Crippen LogP contribution in [0.3, 0.4) is 0 Å². The number of nitrogens with two attached hydrogens (primary N) is 2. The van der Waals surface area contributed by atoms with E-state index in [2.05, 4.69) is 39.9 Å². The maximum Gasteiger partial charge on any atom is 0.280 e. The number of nitrogens with one attached hydrogen (secondary N) is 2. The lowest BCUT2D eigenvalue weighted by atomic mass is 10.1. The molecule has 0 radical (unpaired) electrons. The van der Waals surface area contributed by atoms with Gasteiger partial charge in [0, 0.05) is 0 Å². The van der Waals surface area contributed by atoms with Gasteiger partial charge < -0.3 is 42.1 Å². The molecule has 0 aliphatic carbocycles. The van der Waals surface area contributed by atoms with E-state index in [0.717, 1.165) is 12.4 Å². The Balaban J connectivity index is 0.000000251. The first kappa shape index (κ1) is 30.0. The molecule has 0 aliphatic rings. The highest BCUT2D eigenvalue weighted by Crippen LogP contribution is 2.16. The quantitative estimate of drug-likeness (QED) is 0.114. The van der Waals surface area contributed by atoms with Gasteiger partial charge in [-0.25, -0.2) is 19.9 Å². The van der Waals surface area contributed by atoms with E-state index in [1.54, 1.807) is 0 Å². The summed E-state index contributed by atoms with van der Waals surface area (Å²) in [6.45, 7) is 2.72. The highest BCUT2D eigenvalue weighted by molar-refractivity contribution is 5.69. The van der Waals surface area contributed by atoms with E-state index in [4.69, 9.17) is 21.7 Å². The molecular weight excluding hydrogens is 508 g/mol. The van der Waals surface area contributed by atoms with E-state index in [1.807, 2.05) is 13.8 Å². The van der Waals surface area contributed by atoms with Crippen LogP contribution in [0.2, 0.25) is 0 Å². The smallest absolute Gasteiger partial charge is 0.280 e. The number of H-pyrrole nitrogens is 2. The Morgan fingerprint density at radius 3 is 1.37 bits per heavy atom. The lowest BCUT2D eigenvalue weighted by Gasteiger charge is -2.14. The Kier molecular flexibility index (Phi) is 10.6. The fraction of sp³-hybridized carbons (Fsp3) is 0.400. The van der Waals surface area contributed by atoms with Crippen LogP contribution in [0, 0.1) is 0 Å². The van der Waals surface area contributed by atoms with Crippen LogP contribution in [0.4, 0.5) is 11.9 Å². The van der Waals surface area contributed by atoms with E-state index in [1.165, 1.54) is 0 Å². The number of aliphatic hydroxyl groups excluding tert-OH is 6. The summed E-state index contributed by atoms with van der Waals surface area (Å²) in [5, 5.41) is 55.2. The molecule has 0 unspecified atom stereocenters. The van der Waals surface area contributed by atoms with Gasteiger partial charge in [-0.3, -0.25) is 19.6 Å². The topological polar surface area (TPSA) is 316 Å². The zero-order valence-electron chi connectivity index (χ0n) is 20.2. The molecule has 0 aromatic carbocycles. The monoisotopic (exact) mass is 536 g/mol. The summed E-state index contributed by atoms with van der Waals surface area (Å²) in [5.74, 6) is -0.184. The summed E-state index contributed by atoms with van der Waals surface area (Å²) >= 11 is 0. The normalized spacial score (nSPS) is 14.0. The minimum atomic E-state index is -1.44. The van der Waals surface area contributed by atoms with Crippen molar-refractivity contribution in [1.82, 2.24) is 39.9 Å². The lowest BCUT2D eigenvalue weighted by Crippen LogP contribution is -2.24. The molecule has 0 aliphatic heterocycles. The summed E-state index contributed by atoms with van der Waals surface area (Å²) < 4.78 is 0. The number of aliphatic hydroxyl groups is 6. The standard InChI is InChI=1S/2C9H11N5O4.C2H6/c2*10-9-13-7-5(8(18)14-9)12-3(1-11-7)6(17)4(16)2-15;1-2/h2*1,4,6,15-17H,2H2,(H3,10,11,13,14,18);1-2H3/t2*4-,6+;/m11./s1. The Bertz CT molecular complexity index is 1370. The maximum absolute atomic E-state index is 11.5. The summed E-state index contributed by atoms with van der Waals surface area (Å²) in [4.78, 5) is 50.4. The van der Waals surface area contributed by atoms with E-state index in [0.29, 0.717) is 0 Å². The van der Waals surface area contributed by atoms with Gasteiger partial charge in [-0.1, -0.05) is 13.8 Å². The molecule has 0 saturated carbocycles. The SMILES string of the molecule is CC.Nc1nc2ncc([C@H](O)[C@H](O)CO)nc2c(=O)[nH]1.Nc1nc2ncc([C@H](O)[C@H](O)CO)nc2c(=O)[nH]1.